The Morgan fingerprint density at radius 1 is 1.05 bits per heavy atom. The maximum Gasteiger partial charge on any atom is 0.244 e. The molecule has 3 N–H and O–H groups in total. The highest BCUT2D eigenvalue weighted by Crippen LogP contribution is 2.23. The Hall–Kier alpha value is -2.57. The maximum absolute atomic E-state index is 13.2. The lowest BCUT2D eigenvalue weighted by molar-refractivity contribution is -0.118. The molecule has 0 aliphatic heterocycles. The summed E-state index contributed by atoms with van der Waals surface area (Å²) in [6.07, 6.45) is 0. The number of nitrogens with one attached hydrogen (secondary N) is 1. The lowest BCUT2D eigenvalue weighted by Crippen LogP contribution is -2.28. The molecule has 0 fully saturated rings. The number of anilines is 1. The molecule has 1 amide bonds. The van der Waals surface area contributed by atoms with E-state index in [9.17, 15) is 22.4 Å². The minimum atomic E-state index is -1.65. The number of primary amides is 1. The minimum absolute atomic E-state index is 0.184. The van der Waals surface area contributed by atoms with Crippen LogP contribution in [0.15, 0.2) is 36.4 Å². The standard InChI is InChI=1S/C14H10F4N2O/c15-8-2-1-3-9(6-8)20-13(14(19)21)7-4-10(16)12(18)11(17)5-7/h1-6,13,20H,(H2,19,21). The summed E-state index contributed by atoms with van der Waals surface area (Å²) in [6, 6.07) is 5.04. The largest absolute Gasteiger partial charge is 0.370 e. The van der Waals surface area contributed by atoms with E-state index in [-0.39, 0.29) is 11.3 Å². The monoisotopic (exact) mass is 298 g/mol. The summed E-state index contributed by atoms with van der Waals surface area (Å²) in [5, 5.41) is 2.54. The second-order valence-corrected chi connectivity index (χ2v) is 4.29. The third-order valence-electron chi connectivity index (χ3n) is 2.76. The molecule has 2 aromatic rings. The smallest absolute Gasteiger partial charge is 0.244 e. The molecule has 2 rings (SSSR count). The lowest BCUT2D eigenvalue weighted by Gasteiger charge is -2.17. The van der Waals surface area contributed by atoms with Crippen LogP contribution in [0.1, 0.15) is 11.6 Å². The van der Waals surface area contributed by atoms with Crippen LogP contribution in [-0.4, -0.2) is 5.91 Å². The summed E-state index contributed by atoms with van der Waals surface area (Å²) in [5.74, 6) is -6.06. The molecule has 0 aliphatic rings. The fourth-order valence-corrected chi connectivity index (χ4v) is 1.81. The molecule has 21 heavy (non-hydrogen) atoms. The molecule has 110 valence electrons. The summed E-state index contributed by atoms with van der Waals surface area (Å²) in [5.41, 5.74) is 5.14. The number of nitrogens with two attached hydrogens (primary N) is 1. The van der Waals surface area contributed by atoms with E-state index in [1.54, 1.807) is 0 Å². The number of benzene rings is 2. The van der Waals surface area contributed by atoms with Crippen molar-refractivity contribution in [3.63, 3.8) is 0 Å². The van der Waals surface area contributed by atoms with Gasteiger partial charge < -0.3 is 11.1 Å². The third kappa shape index (κ3) is 3.31. The van der Waals surface area contributed by atoms with E-state index in [0.717, 1.165) is 6.07 Å². The first-order valence-electron chi connectivity index (χ1n) is 5.84. The quantitative estimate of drug-likeness (QED) is 0.673. The highest BCUT2D eigenvalue weighted by Gasteiger charge is 2.21. The van der Waals surface area contributed by atoms with Crippen molar-refractivity contribution in [1.29, 1.82) is 0 Å². The van der Waals surface area contributed by atoms with Gasteiger partial charge in [-0.3, -0.25) is 4.79 Å². The molecule has 0 aliphatic carbocycles. The third-order valence-corrected chi connectivity index (χ3v) is 2.76. The van der Waals surface area contributed by atoms with Gasteiger partial charge in [-0.1, -0.05) is 6.07 Å². The van der Waals surface area contributed by atoms with Crippen molar-refractivity contribution in [2.45, 2.75) is 6.04 Å². The molecule has 1 unspecified atom stereocenters. The molecule has 0 aromatic heterocycles. The zero-order valence-electron chi connectivity index (χ0n) is 10.5. The van der Waals surface area contributed by atoms with Gasteiger partial charge in [-0.25, -0.2) is 17.6 Å². The van der Waals surface area contributed by atoms with Gasteiger partial charge in [0, 0.05) is 5.69 Å². The number of halogens is 4. The summed E-state index contributed by atoms with van der Waals surface area (Å²) >= 11 is 0. The number of carbonyl (C=O) groups is 1. The highest BCUT2D eigenvalue weighted by atomic mass is 19.2. The van der Waals surface area contributed by atoms with Crippen LogP contribution < -0.4 is 11.1 Å². The normalized spacial score (nSPS) is 12.0. The van der Waals surface area contributed by atoms with E-state index in [1.165, 1.54) is 18.2 Å². The van der Waals surface area contributed by atoms with Crippen LogP contribution in [0.4, 0.5) is 23.2 Å². The van der Waals surface area contributed by atoms with Gasteiger partial charge in [-0.15, -0.1) is 0 Å². The van der Waals surface area contributed by atoms with E-state index in [4.69, 9.17) is 5.73 Å². The first-order chi connectivity index (χ1) is 9.88. The van der Waals surface area contributed by atoms with Crippen LogP contribution in [-0.2, 0) is 4.79 Å². The van der Waals surface area contributed by atoms with Gasteiger partial charge in [0.15, 0.2) is 17.5 Å². The Bertz CT molecular complexity index is 667. The van der Waals surface area contributed by atoms with Crippen molar-refractivity contribution in [2.75, 3.05) is 5.32 Å². The van der Waals surface area contributed by atoms with Gasteiger partial charge in [0.2, 0.25) is 5.91 Å². The number of amides is 1. The van der Waals surface area contributed by atoms with Crippen LogP contribution >= 0.6 is 0 Å². The minimum Gasteiger partial charge on any atom is -0.370 e. The number of hydrogen-bond donors (Lipinski definition) is 2. The average molecular weight is 298 g/mol. The molecule has 2 aromatic carbocycles. The molecule has 0 spiro atoms. The van der Waals surface area contributed by atoms with Crippen LogP contribution in [0, 0.1) is 23.3 Å². The molecule has 0 saturated carbocycles. The maximum atomic E-state index is 13.2. The molecule has 0 radical (unpaired) electrons. The van der Waals surface area contributed by atoms with E-state index < -0.39 is 35.2 Å². The van der Waals surface area contributed by atoms with Crippen LogP contribution in [0.2, 0.25) is 0 Å². The molecule has 0 heterocycles. The molecule has 7 heteroatoms. The molecular formula is C14H10F4N2O. The Morgan fingerprint density at radius 3 is 2.19 bits per heavy atom. The summed E-state index contributed by atoms with van der Waals surface area (Å²) in [4.78, 5) is 11.4. The number of carbonyl (C=O) groups excluding carboxylic acids is 1. The Kier molecular flexibility index (Phi) is 4.11. The van der Waals surface area contributed by atoms with Gasteiger partial charge in [0.25, 0.3) is 0 Å². The second-order valence-electron chi connectivity index (χ2n) is 4.29. The summed E-state index contributed by atoms with van der Waals surface area (Å²) in [6.45, 7) is 0. The van der Waals surface area contributed by atoms with Gasteiger partial charge in [0.1, 0.15) is 11.9 Å². The zero-order chi connectivity index (χ0) is 15.6. The average Bonchev–Trinajstić information content (AvgIpc) is 2.41. The summed E-state index contributed by atoms with van der Waals surface area (Å²) < 4.78 is 52.4. The van der Waals surface area contributed by atoms with E-state index >= 15 is 0 Å². The number of hydrogen-bond acceptors (Lipinski definition) is 2. The lowest BCUT2D eigenvalue weighted by atomic mass is 10.1. The van der Waals surface area contributed by atoms with Crippen molar-refractivity contribution in [3.05, 3.63) is 65.2 Å². The second kappa shape index (κ2) is 5.82. The van der Waals surface area contributed by atoms with Crippen molar-refractivity contribution < 1.29 is 22.4 Å². The predicted molar refractivity (Wildman–Crippen MR) is 68.3 cm³/mol. The van der Waals surface area contributed by atoms with Crippen molar-refractivity contribution in [3.8, 4) is 0 Å². The number of rotatable bonds is 4. The molecule has 0 bridgehead atoms. The molecule has 1 atom stereocenters. The van der Waals surface area contributed by atoms with Crippen LogP contribution in [0.25, 0.3) is 0 Å². The van der Waals surface area contributed by atoms with Gasteiger partial charge in [-0.05, 0) is 35.9 Å². The van der Waals surface area contributed by atoms with Crippen molar-refractivity contribution >= 4 is 11.6 Å². The van der Waals surface area contributed by atoms with Gasteiger partial charge in [-0.2, -0.15) is 0 Å². The molecule has 3 nitrogen and oxygen atoms in total. The summed E-state index contributed by atoms with van der Waals surface area (Å²) in [7, 11) is 0. The first-order valence-corrected chi connectivity index (χ1v) is 5.84. The van der Waals surface area contributed by atoms with E-state index in [2.05, 4.69) is 5.32 Å². The first kappa shape index (κ1) is 14.8. The molecule has 0 saturated heterocycles. The Balaban J connectivity index is 2.38. The van der Waals surface area contributed by atoms with Crippen molar-refractivity contribution in [2.24, 2.45) is 5.73 Å². The van der Waals surface area contributed by atoms with E-state index in [0.29, 0.717) is 12.1 Å². The highest BCUT2D eigenvalue weighted by molar-refractivity contribution is 5.84. The van der Waals surface area contributed by atoms with Crippen molar-refractivity contribution in [1.82, 2.24) is 0 Å². The van der Waals surface area contributed by atoms with Gasteiger partial charge in [0.05, 0.1) is 0 Å². The Labute approximate surface area is 117 Å². The Morgan fingerprint density at radius 2 is 1.67 bits per heavy atom. The predicted octanol–water partition coefficient (Wildman–Crippen LogP) is 2.88. The van der Waals surface area contributed by atoms with E-state index in [1.807, 2.05) is 0 Å². The fraction of sp³-hybridized carbons (Fsp3) is 0.0714. The zero-order valence-corrected chi connectivity index (χ0v) is 10.5. The fourth-order valence-electron chi connectivity index (χ4n) is 1.81. The van der Waals surface area contributed by atoms with Crippen LogP contribution in [0.3, 0.4) is 0 Å². The SMILES string of the molecule is NC(=O)C(Nc1cccc(F)c1)c1cc(F)c(F)c(F)c1. The topological polar surface area (TPSA) is 55.1 Å². The van der Waals surface area contributed by atoms with Gasteiger partial charge >= 0.3 is 0 Å². The van der Waals surface area contributed by atoms with Crippen LogP contribution in [0.5, 0.6) is 0 Å². The molecular weight excluding hydrogens is 288 g/mol.